The summed E-state index contributed by atoms with van der Waals surface area (Å²) in [5.74, 6) is 0.351. The predicted molar refractivity (Wildman–Crippen MR) is 119 cm³/mol. The number of aromatic nitrogens is 3. The molecule has 0 unspecified atom stereocenters. The van der Waals surface area contributed by atoms with E-state index in [2.05, 4.69) is 15.4 Å². The summed E-state index contributed by atoms with van der Waals surface area (Å²) in [4.78, 5) is 17.4. The Kier molecular flexibility index (Phi) is 5.63. The summed E-state index contributed by atoms with van der Waals surface area (Å²) in [6.45, 7) is 4.48. The van der Waals surface area contributed by atoms with Crippen molar-refractivity contribution < 1.29 is 4.79 Å². The van der Waals surface area contributed by atoms with Crippen LogP contribution in [0.4, 0.5) is 0 Å². The number of halogens is 1. The monoisotopic (exact) mass is 416 g/mol. The van der Waals surface area contributed by atoms with E-state index in [4.69, 9.17) is 11.6 Å². The molecule has 1 N–H and O–H groups in total. The Morgan fingerprint density at radius 2 is 1.77 bits per heavy atom. The lowest BCUT2D eigenvalue weighted by Gasteiger charge is -2.11. The first-order valence-electron chi connectivity index (χ1n) is 9.64. The van der Waals surface area contributed by atoms with Gasteiger partial charge in [-0.1, -0.05) is 66.2 Å². The van der Waals surface area contributed by atoms with Crippen molar-refractivity contribution >= 4 is 17.5 Å². The zero-order chi connectivity index (χ0) is 21.1. The standard InChI is InChI=1S/C24H21ClN4O/c1-16-8-6-13-21(17(16)2)29-23(19-11-7-12-20(25)14-19)27-22(28-29)24(30)26-15-18-9-4-3-5-10-18/h3-14H,15H2,1-2H3,(H,26,30). The molecule has 4 rings (SSSR count). The first kappa shape index (κ1) is 19.9. The van der Waals surface area contributed by atoms with Crippen LogP contribution in [-0.4, -0.2) is 20.7 Å². The average molecular weight is 417 g/mol. The van der Waals surface area contributed by atoms with Gasteiger partial charge in [-0.05, 0) is 48.7 Å². The van der Waals surface area contributed by atoms with Crippen LogP contribution in [0.5, 0.6) is 0 Å². The average Bonchev–Trinajstić information content (AvgIpc) is 3.20. The van der Waals surface area contributed by atoms with Gasteiger partial charge in [0.15, 0.2) is 5.82 Å². The van der Waals surface area contributed by atoms with E-state index in [0.29, 0.717) is 17.4 Å². The second-order valence-corrected chi connectivity index (χ2v) is 7.50. The first-order chi connectivity index (χ1) is 14.5. The fourth-order valence-electron chi connectivity index (χ4n) is 3.21. The molecule has 0 radical (unpaired) electrons. The van der Waals surface area contributed by atoms with E-state index >= 15 is 0 Å². The van der Waals surface area contributed by atoms with Crippen LogP contribution in [-0.2, 0) is 6.54 Å². The molecular weight excluding hydrogens is 396 g/mol. The van der Waals surface area contributed by atoms with Gasteiger partial charge in [0.1, 0.15) is 0 Å². The molecule has 0 saturated heterocycles. The molecule has 1 aromatic heterocycles. The van der Waals surface area contributed by atoms with Crippen molar-refractivity contribution in [2.45, 2.75) is 20.4 Å². The summed E-state index contributed by atoms with van der Waals surface area (Å²) in [5.41, 5.74) is 4.88. The van der Waals surface area contributed by atoms with Crippen molar-refractivity contribution in [1.82, 2.24) is 20.1 Å². The second kappa shape index (κ2) is 8.51. The van der Waals surface area contributed by atoms with Crippen LogP contribution in [0.1, 0.15) is 27.3 Å². The lowest BCUT2D eigenvalue weighted by molar-refractivity contribution is 0.0940. The number of amides is 1. The van der Waals surface area contributed by atoms with Crippen molar-refractivity contribution in [2.75, 3.05) is 0 Å². The Morgan fingerprint density at radius 1 is 1.00 bits per heavy atom. The van der Waals surface area contributed by atoms with Gasteiger partial charge < -0.3 is 5.32 Å². The molecule has 4 aromatic rings. The zero-order valence-corrected chi connectivity index (χ0v) is 17.5. The molecule has 0 fully saturated rings. The highest BCUT2D eigenvalue weighted by Crippen LogP contribution is 2.26. The summed E-state index contributed by atoms with van der Waals surface area (Å²) >= 11 is 6.20. The first-order valence-corrected chi connectivity index (χ1v) is 10.0. The van der Waals surface area contributed by atoms with Gasteiger partial charge in [-0.3, -0.25) is 4.79 Å². The van der Waals surface area contributed by atoms with E-state index in [9.17, 15) is 4.79 Å². The van der Waals surface area contributed by atoms with E-state index in [1.165, 1.54) is 0 Å². The zero-order valence-electron chi connectivity index (χ0n) is 16.8. The number of benzene rings is 3. The van der Waals surface area contributed by atoms with Crippen LogP contribution < -0.4 is 5.32 Å². The van der Waals surface area contributed by atoms with Gasteiger partial charge >= 0.3 is 0 Å². The van der Waals surface area contributed by atoms with Crippen molar-refractivity contribution in [3.05, 3.63) is 100 Å². The third-order valence-electron chi connectivity index (χ3n) is 4.99. The van der Waals surface area contributed by atoms with Gasteiger partial charge in [-0.15, -0.1) is 5.10 Å². The Labute approximate surface area is 180 Å². The third-order valence-corrected chi connectivity index (χ3v) is 5.23. The van der Waals surface area contributed by atoms with Crippen LogP contribution >= 0.6 is 11.6 Å². The maximum absolute atomic E-state index is 12.8. The molecule has 0 saturated carbocycles. The summed E-state index contributed by atoms with van der Waals surface area (Å²) in [6, 6.07) is 23.1. The maximum Gasteiger partial charge on any atom is 0.291 e. The number of carbonyl (C=O) groups is 1. The molecule has 0 atom stereocenters. The minimum Gasteiger partial charge on any atom is -0.345 e. The SMILES string of the molecule is Cc1cccc(-n2nc(C(=O)NCc3ccccc3)nc2-c2cccc(Cl)c2)c1C. The molecule has 1 amide bonds. The van der Waals surface area contributed by atoms with E-state index < -0.39 is 0 Å². The van der Waals surface area contributed by atoms with Crippen molar-refractivity contribution in [1.29, 1.82) is 0 Å². The molecule has 5 nitrogen and oxygen atoms in total. The van der Waals surface area contributed by atoms with Gasteiger partial charge in [-0.2, -0.15) is 0 Å². The highest BCUT2D eigenvalue weighted by molar-refractivity contribution is 6.30. The van der Waals surface area contributed by atoms with Crippen molar-refractivity contribution in [2.24, 2.45) is 0 Å². The number of nitrogens with zero attached hydrogens (tertiary/aromatic N) is 3. The van der Waals surface area contributed by atoms with Crippen LogP contribution in [0.25, 0.3) is 17.1 Å². The Hall–Kier alpha value is -3.44. The van der Waals surface area contributed by atoms with Crippen LogP contribution in [0, 0.1) is 13.8 Å². The number of hydrogen-bond donors (Lipinski definition) is 1. The molecule has 150 valence electrons. The van der Waals surface area contributed by atoms with E-state index in [1.807, 2.05) is 80.6 Å². The third kappa shape index (κ3) is 4.11. The molecule has 0 aliphatic carbocycles. The van der Waals surface area contributed by atoms with Gasteiger partial charge in [0.25, 0.3) is 5.91 Å². The van der Waals surface area contributed by atoms with Gasteiger partial charge in [0.2, 0.25) is 5.82 Å². The van der Waals surface area contributed by atoms with Crippen LogP contribution in [0.3, 0.4) is 0 Å². The minimum atomic E-state index is -0.328. The van der Waals surface area contributed by atoms with Crippen LogP contribution in [0.15, 0.2) is 72.8 Å². The molecule has 0 spiro atoms. The molecule has 30 heavy (non-hydrogen) atoms. The molecule has 0 aliphatic heterocycles. The van der Waals surface area contributed by atoms with Gasteiger partial charge in [-0.25, -0.2) is 9.67 Å². The highest BCUT2D eigenvalue weighted by Gasteiger charge is 2.20. The summed E-state index contributed by atoms with van der Waals surface area (Å²) in [5, 5.41) is 8.04. The number of rotatable bonds is 5. The summed E-state index contributed by atoms with van der Waals surface area (Å²) in [6.07, 6.45) is 0. The fraction of sp³-hybridized carbons (Fsp3) is 0.125. The normalized spacial score (nSPS) is 10.8. The van der Waals surface area contributed by atoms with Crippen molar-refractivity contribution in [3.63, 3.8) is 0 Å². The van der Waals surface area contributed by atoms with Crippen molar-refractivity contribution in [3.8, 4) is 17.1 Å². The lowest BCUT2D eigenvalue weighted by atomic mass is 10.1. The van der Waals surface area contributed by atoms with Crippen LogP contribution in [0.2, 0.25) is 5.02 Å². The Bertz CT molecular complexity index is 1200. The summed E-state index contributed by atoms with van der Waals surface area (Å²) in [7, 11) is 0. The molecule has 6 heteroatoms. The molecule has 0 aliphatic rings. The molecule has 3 aromatic carbocycles. The Morgan fingerprint density at radius 3 is 2.53 bits per heavy atom. The number of nitrogens with one attached hydrogen (secondary N) is 1. The van der Waals surface area contributed by atoms with Gasteiger partial charge in [0, 0.05) is 17.1 Å². The highest BCUT2D eigenvalue weighted by atomic mass is 35.5. The maximum atomic E-state index is 12.8. The lowest BCUT2D eigenvalue weighted by Crippen LogP contribution is -2.24. The topological polar surface area (TPSA) is 59.8 Å². The van der Waals surface area contributed by atoms with Gasteiger partial charge in [0.05, 0.1) is 5.69 Å². The van der Waals surface area contributed by atoms with E-state index in [-0.39, 0.29) is 11.7 Å². The largest absolute Gasteiger partial charge is 0.345 e. The Balaban J connectivity index is 1.74. The number of aryl methyl sites for hydroxylation is 1. The quantitative estimate of drug-likeness (QED) is 0.490. The second-order valence-electron chi connectivity index (χ2n) is 7.07. The molecule has 1 heterocycles. The summed E-state index contributed by atoms with van der Waals surface area (Å²) < 4.78 is 1.71. The molecular formula is C24H21ClN4O. The van der Waals surface area contributed by atoms with E-state index in [0.717, 1.165) is 27.9 Å². The fourth-order valence-corrected chi connectivity index (χ4v) is 3.40. The minimum absolute atomic E-state index is 0.113. The smallest absolute Gasteiger partial charge is 0.291 e. The predicted octanol–water partition coefficient (Wildman–Crippen LogP) is 5.13. The number of carbonyl (C=O) groups excluding carboxylic acids is 1. The number of hydrogen-bond acceptors (Lipinski definition) is 3. The molecule has 0 bridgehead atoms. The van der Waals surface area contributed by atoms with E-state index in [1.54, 1.807) is 10.7 Å².